The molecule has 0 aromatic carbocycles. The van der Waals surface area contributed by atoms with Gasteiger partial charge in [0.25, 0.3) is 17.7 Å². The summed E-state index contributed by atoms with van der Waals surface area (Å²) < 4.78 is 0. The lowest BCUT2D eigenvalue weighted by atomic mass is 9.97. The maximum atomic E-state index is 11.6. The third-order valence-electron chi connectivity index (χ3n) is 2.91. The van der Waals surface area contributed by atoms with Crippen molar-refractivity contribution in [3.8, 4) is 0 Å². The second kappa shape index (κ2) is 2.66. The van der Waals surface area contributed by atoms with E-state index in [-0.39, 0.29) is 24.0 Å². The van der Waals surface area contributed by atoms with Crippen LogP contribution in [0.3, 0.4) is 0 Å². The average molecular weight is 218 g/mol. The summed E-state index contributed by atoms with van der Waals surface area (Å²) in [7, 11) is 0. The molecule has 4 amide bonds. The van der Waals surface area contributed by atoms with Crippen molar-refractivity contribution in [1.82, 2.24) is 10.6 Å². The summed E-state index contributed by atoms with van der Waals surface area (Å²) >= 11 is 0. The van der Waals surface area contributed by atoms with Crippen molar-refractivity contribution in [2.45, 2.75) is 12.8 Å². The molecule has 3 aliphatic rings. The Hall–Kier alpha value is -2.24. The maximum Gasteiger partial charge on any atom is 0.258 e. The number of imide groups is 2. The van der Waals surface area contributed by atoms with Crippen LogP contribution in [0.1, 0.15) is 12.8 Å². The van der Waals surface area contributed by atoms with E-state index in [4.69, 9.17) is 0 Å². The van der Waals surface area contributed by atoms with E-state index >= 15 is 0 Å². The highest BCUT2D eigenvalue weighted by atomic mass is 16.2. The van der Waals surface area contributed by atoms with Crippen LogP contribution in [0.5, 0.6) is 0 Å². The van der Waals surface area contributed by atoms with E-state index in [9.17, 15) is 19.2 Å². The molecule has 0 aromatic heterocycles. The van der Waals surface area contributed by atoms with E-state index in [1.807, 2.05) is 0 Å². The zero-order valence-corrected chi connectivity index (χ0v) is 8.05. The second-order valence-electron chi connectivity index (χ2n) is 3.82. The summed E-state index contributed by atoms with van der Waals surface area (Å²) in [5.41, 5.74) is 1.27. The van der Waals surface area contributed by atoms with E-state index in [0.717, 1.165) is 0 Å². The number of piperidine rings is 2. The Morgan fingerprint density at radius 3 is 2.12 bits per heavy atom. The fourth-order valence-corrected chi connectivity index (χ4v) is 2.23. The zero-order valence-electron chi connectivity index (χ0n) is 8.05. The molecule has 0 aromatic rings. The number of nitrogens with one attached hydrogen (secondary N) is 2. The number of fused-ring (bicyclic) bond motifs is 3. The summed E-state index contributed by atoms with van der Waals surface area (Å²) in [6, 6.07) is 0. The number of carbonyl (C=O) groups excluding carboxylic acids is 4. The smallest absolute Gasteiger partial charge is 0.258 e. The molecular weight excluding hydrogens is 212 g/mol. The van der Waals surface area contributed by atoms with E-state index < -0.39 is 23.6 Å². The van der Waals surface area contributed by atoms with Crippen molar-refractivity contribution < 1.29 is 19.2 Å². The molecule has 2 bridgehead atoms. The van der Waals surface area contributed by atoms with Crippen molar-refractivity contribution in [2.75, 3.05) is 0 Å². The van der Waals surface area contributed by atoms with Gasteiger partial charge in [-0.15, -0.1) is 0 Å². The van der Waals surface area contributed by atoms with E-state index in [0.29, 0.717) is 11.1 Å². The first-order valence-corrected chi connectivity index (χ1v) is 4.73. The highest BCUT2D eigenvalue weighted by molar-refractivity contribution is 6.25. The predicted molar refractivity (Wildman–Crippen MR) is 49.6 cm³/mol. The van der Waals surface area contributed by atoms with Gasteiger partial charge in [0.2, 0.25) is 5.91 Å². The van der Waals surface area contributed by atoms with Gasteiger partial charge in [0.05, 0.1) is 12.0 Å². The highest BCUT2D eigenvalue weighted by Gasteiger charge is 2.42. The molecule has 2 heterocycles. The fraction of sp³-hybridized carbons (Fsp3) is 0.200. The van der Waals surface area contributed by atoms with Crippen molar-refractivity contribution in [3.63, 3.8) is 0 Å². The standard InChI is InChI=1S/C10H6N2O4/c13-6-2-3-4-1-5(7(3)10(16)11-6)9(15)12-8(4)14/h1-2H2,(H,11,13,16)(H,12,14,15). The SMILES string of the molecule is O=C1CC2=C3CC(=C2C(=O)N1)C(=O)NC3=O. The molecular formula is C10H6N2O4. The van der Waals surface area contributed by atoms with Gasteiger partial charge in [-0.25, -0.2) is 0 Å². The van der Waals surface area contributed by atoms with Gasteiger partial charge in [-0.2, -0.15) is 0 Å². The van der Waals surface area contributed by atoms with Crippen LogP contribution < -0.4 is 10.6 Å². The molecule has 2 aliphatic heterocycles. The Balaban J connectivity index is 2.24. The van der Waals surface area contributed by atoms with Crippen LogP contribution in [0.2, 0.25) is 0 Å². The topological polar surface area (TPSA) is 92.3 Å². The lowest BCUT2D eigenvalue weighted by Gasteiger charge is -2.15. The van der Waals surface area contributed by atoms with Gasteiger partial charge in [-0.05, 0) is 5.57 Å². The molecule has 0 atom stereocenters. The van der Waals surface area contributed by atoms with E-state index in [1.165, 1.54) is 0 Å². The van der Waals surface area contributed by atoms with Gasteiger partial charge >= 0.3 is 0 Å². The van der Waals surface area contributed by atoms with Gasteiger partial charge < -0.3 is 0 Å². The first-order valence-electron chi connectivity index (χ1n) is 4.73. The Bertz CT molecular complexity index is 553. The van der Waals surface area contributed by atoms with Gasteiger partial charge in [0.15, 0.2) is 0 Å². The first-order chi connectivity index (χ1) is 7.58. The number of rotatable bonds is 0. The minimum atomic E-state index is -0.582. The largest absolute Gasteiger partial charge is 0.292 e. The summed E-state index contributed by atoms with van der Waals surface area (Å²) in [6.45, 7) is 0. The summed E-state index contributed by atoms with van der Waals surface area (Å²) in [6.07, 6.45) is 0.149. The second-order valence-corrected chi connectivity index (χ2v) is 3.82. The molecule has 1 aliphatic carbocycles. The van der Waals surface area contributed by atoms with Gasteiger partial charge in [-0.1, -0.05) is 0 Å². The van der Waals surface area contributed by atoms with Gasteiger partial charge in [0.1, 0.15) is 0 Å². The minimum Gasteiger partial charge on any atom is -0.292 e. The van der Waals surface area contributed by atoms with Crippen molar-refractivity contribution in [1.29, 1.82) is 0 Å². The Morgan fingerprint density at radius 2 is 1.38 bits per heavy atom. The molecule has 2 fully saturated rings. The minimum absolute atomic E-state index is 0.0133. The lowest BCUT2D eigenvalue weighted by molar-refractivity contribution is -0.130. The number of hydrogen-bond donors (Lipinski definition) is 2. The number of carbonyl (C=O) groups is 4. The van der Waals surface area contributed by atoms with Crippen LogP contribution in [0.4, 0.5) is 0 Å². The first kappa shape index (κ1) is 9.02. The Kier molecular flexibility index (Phi) is 1.50. The monoisotopic (exact) mass is 218 g/mol. The van der Waals surface area contributed by atoms with Crippen LogP contribution in [0.15, 0.2) is 22.3 Å². The quantitative estimate of drug-likeness (QED) is 0.493. The third-order valence-corrected chi connectivity index (χ3v) is 2.91. The van der Waals surface area contributed by atoms with E-state index in [1.54, 1.807) is 0 Å². The van der Waals surface area contributed by atoms with Crippen LogP contribution in [0.25, 0.3) is 0 Å². The molecule has 0 saturated carbocycles. The number of hydrogen-bond acceptors (Lipinski definition) is 4. The molecule has 0 radical (unpaired) electrons. The number of amides is 4. The lowest BCUT2D eigenvalue weighted by Crippen LogP contribution is -2.38. The molecule has 6 nitrogen and oxygen atoms in total. The molecule has 2 saturated heterocycles. The molecule has 6 heteroatoms. The van der Waals surface area contributed by atoms with E-state index in [2.05, 4.69) is 10.6 Å². The predicted octanol–water partition coefficient (Wildman–Crippen LogP) is -1.31. The molecule has 2 N–H and O–H groups in total. The van der Waals surface area contributed by atoms with Crippen molar-refractivity contribution >= 4 is 23.6 Å². The normalized spacial score (nSPS) is 23.5. The molecule has 0 unspecified atom stereocenters. The zero-order chi connectivity index (χ0) is 11.4. The summed E-state index contributed by atoms with van der Waals surface area (Å²) in [5, 5.41) is 4.29. The van der Waals surface area contributed by atoms with Crippen LogP contribution in [0, 0.1) is 0 Å². The van der Waals surface area contributed by atoms with Crippen LogP contribution >= 0.6 is 0 Å². The maximum absolute atomic E-state index is 11.6. The molecule has 80 valence electrons. The van der Waals surface area contributed by atoms with Crippen LogP contribution in [-0.4, -0.2) is 23.6 Å². The summed E-state index contributed by atoms with van der Waals surface area (Å²) in [5.74, 6) is -2.06. The molecule has 16 heavy (non-hydrogen) atoms. The highest BCUT2D eigenvalue weighted by Crippen LogP contribution is 2.38. The Labute approximate surface area is 89.4 Å². The van der Waals surface area contributed by atoms with Crippen molar-refractivity contribution in [2.24, 2.45) is 0 Å². The average Bonchev–Trinajstić information content (AvgIpc) is 2.52. The summed E-state index contributed by atoms with van der Waals surface area (Å²) in [4.78, 5) is 45.7. The Morgan fingerprint density at radius 1 is 0.688 bits per heavy atom. The third kappa shape index (κ3) is 0.955. The van der Waals surface area contributed by atoms with Gasteiger partial charge in [0, 0.05) is 17.6 Å². The molecule has 0 spiro atoms. The molecule has 3 rings (SSSR count). The fourth-order valence-electron chi connectivity index (χ4n) is 2.23. The van der Waals surface area contributed by atoms with Crippen molar-refractivity contribution in [3.05, 3.63) is 22.3 Å². The van der Waals surface area contributed by atoms with Gasteiger partial charge in [-0.3, -0.25) is 29.8 Å². The van der Waals surface area contributed by atoms with Crippen LogP contribution in [-0.2, 0) is 19.2 Å².